The third-order valence-electron chi connectivity index (χ3n) is 15.7. The van der Waals surface area contributed by atoms with Gasteiger partial charge in [0.05, 0.1) is 38.4 Å². The molecule has 4 aromatic rings. The average Bonchev–Trinajstić information content (AvgIpc) is 2.51. The second-order valence-electron chi connectivity index (χ2n) is 24.2. The van der Waals surface area contributed by atoms with E-state index in [1.807, 2.05) is 56.3 Å². The standard InChI is InChI=1S/C68H91FN6O15/c1-14-17-24-52(63(81)71-51(35-45-26-29-46-22-18-19-23-47(46)34-45)64(82)74(11)54(41-89-67(4,5)6)62(80)70-40-58(76)72(9)32-15-2)73(10)59(77)42-87-50-38-48(37-49(69)39-50)55(30-27-44-28-31-56(85-12)57(36-44)86-13)90-66(84)53-25-20-21-33-75(53)65(83)61(79)68(7,8)43-88-60(78)16-3/h16,18-19,22-23,26,28-29,31,34,36-39,51-55H,3,14-15,17,20-21,24-25,27,30,32-33,35,40-43H2,1-2,4-13H3,(H,70,80)(H,71,81)/t51-,52-,53-,54-,55+/m0/s1. The van der Waals surface area contributed by atoms with Gasteiger partial charge < -0.3 is 58.7 Å². The molecule has 1 aliphatic heterocycles. The second-order valence-corrected chi connectivity index (χ2v) is 24.2. The first kappa shape index (κ1) is 72.3. The highest BCUT2D eigenvalue weighted by atomic mass is 19.1. The van der Waals surface area contributed by atoms with E-state index in [-0.39, 0.29) is 69.0 Å². The summed E-state index contributed by atoms with van der Waals surface area (Å²) in [5.74, 6) is -6.45. The minimum atomic E-state index is -1.45. The third-order valence-corrected chi connectivity index (χ3v) is 15.7. The van der Waals surface area contributed by atoms with E-state index in [4.69, 9.17) is 28.4 Å². The smallest absolute Gasteiger partial charge is 0.330 e. The lowest BCUT2D eigenvalue weighted by Gasteiger charge is -2.36. The van der Waals surface area contributed by atoms with Crippen molar-refractivity contribution in [3.63, 3.8) is 0 Å². The number of Topliss-reactive ketones (excluding diaryl/α,β-unsaturated/α-hetero) is 1. The molecule has 5 atom stereocenters. The Kier molecular flexibility index (Phi) is 27.3. The second kappa shape index (κ2) is 34.0. The van der Waals surface area contributed by atoms with Crippen molar-refractivity contribution >= 4 is 63.9 Å². The molecule has 0 spiro atoms. The van der Waals surface area contributed by atoms with Crippen LogP contribution < -0.4 is 24.8 Å². The summed E-state index contributed by atoms with van der Waals surface area (Å²) < 4.78 is 50.3. The fraction of sp³-hybridized carbons (Fsp3) is 0.515. The van der Waals surface area contributed by atoms with Crippen molar-refractivity contribution in [3.8, 4) is 17.2 Å². The van der Waals surface area contributed by atoms with Crippen LogP contribution in [0.15, 0.2) is 91.5 Å². The van der Waals surface area contributed by atoms with Gasteiger partial charge >= 0.3 is 11.9 Å². The normalized spacial score (nSPS) is 14.6. The Balaban J connectivity index is 1.42. The average molecular weight is 1250 g/mol. The molecule has 1 fully saturated rings. The van der Waals surface area contributed by atoms with Crippen molar-refractivity contribution in [2.75, 3.05) is 74.8 Å². The predicted octanol–water partition coefficient (Wildman–Crippen LogP) is 7.67. The molecule has 21 nitrogen and oxygen atoms in total. The number of unbranched alkanes of at least 4 members (excludes halogenated alkanes) is 1. The van der Waals surface area contributed by atoms with Gasteiger partial charge in [0, 0.05) is 52.8 Å². The summed E-state index contributed by atoms with van der Waals surface area (Å²) >= 11 is 0. The van der Waals surface area contributed by atoms with Gasteiger partial charge in [-0.15, -0.1) is 0 Å². The van der Waals surface area contributed by atoms with Crippen molar-refractivity contribution < 1.29 is 76.0 Å². The van der Waals surface area contributed by atoms with Crippen LogP contribution >= 0.6 is 0 Å². The Bertz CT molecular complexity index is 3180. The largest absolute Gasteiger partial charge is 0.493 e. The molecule has 0 unspecified atom stereocenters. The number of ketones is 1. The van der Waals surface area contributed by atoms with Crippen LogP contribution in [0.2, 0.25) is 0 Å². The summed E-state index contributed by atoms with van der Waals surface area (Å²) in [4.78, 5) is 130. The molecule has 4 aromatic carbocycles. The van der Waals surface area contributed by atoms with Crippen LogP contribution in [0, 0.1) is 11.2 Å². The van der Waals surface area contributed by atoms with Crippen molar-refractivity contribution in [2.45, 2.75) is 149 Å². The van der Waals surface area contributed by atoms with Gasteiger partial charge in [0.15, 0.2) is 18.1 Å². The number of carbonyl (C=O) groups is 9. The highest BCUT2D eigenvalue weighted by molar-refractivity contribution is 6.38. The first-order chi connectivity index (χ1) is 42.6. The summed E-state index contributed by atoms with van der Waals surface area (Å²) in [6, 6.07) is 17.3. The maximum Gasteiger partial charge on any atom is 0.330 e. The van der Waals surface area contributed by atoms with Gasteiger partial charge in [0.2, 0.25) is 29.4 Å². The van der Waals surface area contributed by atoms with Crippen LogP contribution in [0.1, 0.15) is 123 Å². The van der Waals surface area contributed by atoms with Crippen LogP contribution in [0.3, 0.4) is 0 Å². The zero-order valence-corrected chi connectivity index (χ0v) is 54.3. The van der Waals surface area contributed by atoms with Crippen molar-refractivity contribution in [3.05, 3.63) is 114 Å². The molecule has 0 aliphatic carbocycles. The molecule has 490 valence electrons. The number of nitrogens with zero attached hydrogens (tertiary/aromatic N) is 4. The minimum Gasteiger partial charge on any atom is -0.493 e. The first-order valence-corrected chi connectivity index (χ1v) is 30.6. The summed E-state index contributed by atoms with van der Waals surface area (Å²) in [7, 11) is 7.47. The fourth-order valence-electron chi connectivity index (χ4n) is 10.3. The number of carbonyl (C=O) groups excluding carboxylic acids is 9. The number of halogens is 1. The molecule has 5 rings (SSSR count). The number of ether oxygens (including phenoxy) is 6. The number of esters is 2. The lowest BCUT2D eigenvalue weighted by Crippen LogP contribution is -2.59. The lowest BCUT2D eigenvalue weighted by molar-refractivity contribution is -0.165. The SMILES string of the molecule is C=CC(=O)OCC(C)(C)C(=O)C(=O)N1CCCC[C@H]1C(=O)O[C@H](CCc1ccc(OC)c(OC)c1)c1cc(F)cc(OCC(=O)N(C)[C@@H](CCCC)C(=O)N[C@@H](Cc2ccc3ccccc3c2)C(=O)N(C)[C@@H](COC(C)(C)C)C(=O)NCC(=O)N(C)CCC)c1. The van der Waals surface area contributed by atoms with Crippen LogP contribution in [0.4, 0.5) is 4.39 Å². The third kappa shape index (κ3) is 20.8. The van der Waals surface area contributed by atoms with Gasteiger partial charge in [-0.25, -0.2) is 14.0 Å². The Morgan fingerprint density at radius 1 is 0.778 bits per heavy atom. The molecule has 22 heteroatoms. The number of aryl methyl sites for hydroxylation is 1. The number of likely N-dealkylation sites (tertiary alicyclic amines) is 1. The highest BCUT2D eigenvalue weighted by Crippen LogP contribution is 2.34. The molecular formula is C68H91FN6O15. The van der Waals surface area contributed by atoms with Crippen molar-refractivity contribution in [1.82, 2.24) is 30.2 Å². The fourth-order valence-corrected chi connectivity index (χ4v) is 10.3. The molecule has 0 bridgehead atoms. The van der Waals surface area contributed by atoms with E-state index in [0.29, 0.717) is 55.7 Å². The van der Waals surface area contributed by atoms with Crippen LogP contribution in [0.5, 0.6) is 17.2 Å². The van der Waals surface area contributed by atoms with E-state index in [9.17, 15) is 43.2 Å². The van der Waals surface area contributed by atoms with Gasteiger partial charge in [-0.1, -0.05) is 81.8 Å². The number of likely N-dealkylation sites (N-methyl/N-ethyl adjacent to an activating group) is 3. The van der Waals surface area contributed by atoms with E-state index in [1.165, 1.54) is 62.9 Å². The zero-order valence-electron chi connectivity index (χ0n) is 54.3. The number of fused-ring (bicyclic) bond motifs is 1. The van der Waals surface area contributed by atoms with Crippen LogP contribution in [-0.4, -0.2) is 177 Å². The molecule has 0 radical (unpaired) electrons. The number of benzene rings is 4. The number of methoxy groups -OCH3 is 2. The lowest BCUT2D eigenvalue weighted by atomic mass is 9.87. The Hall–Kier alpha value is -8.40. The number of hydrogen-bond acceptors (Lipinski definition) is 15. The number of nitrogens with one attached hydrogen (secondary N) is 2. The summed E-state index contributed by atoms with van der Waals surface area (Å²) in [6.07, 6.45) is 3.22. The Morgan fingerprint density at radius 2 is 1.48 bits per heavy atom. The number of amides is 6. The van der Waals surface area contributed by atoms with Crippen LogP contribution in [-0.2, 0) is 70.2 Å². The number of rotatable bonds is 33. The van der Waals surface area contributed by atoms with Crippen molar-refractivity contribution in [2.24, 2.45) is 5.41 Å². The minimum absolute atomic E-state index is 0.0199. The molecule has 1 saturated heterocycles. The Morgan fingerprint density at radius 3 is 2.14 bits per heavy atom. The quantitative estimate of drug-likeness (QED) is 0.0264. The topological polar surface area (TPSA) is 246 Å². The molecule has 0 aromatic heterocycles. The van der Waals surface area contributed by atoms with Gasteiger partial charge in [0.25, 0.3) is 11.8 Å². The first-order valence-electron chi connectivity index (χ1n) is 30.6. The number of piperidine rings is 1. The zero-order chi connectivity index (χ0) is 66.5. The van der Waals surface area contributed by atoms with E-state index < -0.39 is 108 Å². The van der Waals surface area contributed by atoms with Gasteiger partial charge in [-0.3, -0.25) is 33.6 Å². The van der Waals surface area contributed by atoms with Gasteiger partial charge in [-0.2, -0.15) is 0 Å². The van der Waals surface area contributed by atoms with E-state index in [1.54, 1.807) is 46.0 Å². The maximum atomic E-state index is 16.0. The summed E-state index contributed by atoms with van der Waals surface area (Å²) in [5.41, 5.74) is -0.612. The molecular weight excluding hydrogens is 1160 g/mol. The van der Waals surface area contributed by atoms with Gasteiger partial charge in [-0.05, 0) is 131 Å². The summed E-state index contributed by atoms with van der Waals surface area (Å²) in [5, 5.41) is 7.45. The molecule has 2 N–H and O–H groups in total. The molecule has 6 amide bonds. The summed E-state index contributed by atoms with van der Waals surface area (Å²) in [6.45, 7) is 14.4. The van der Waals surface area contributed by atoms with E-state index in [2.05, 4.69) is 17.2 Å². The van der Waals surface area contributed by atoms with E-state index >= 15 is 4.39 Å². The molecule has 1 heterocycles. The number of hydrogen-bond donors (Lipinski definition) is 2. The van der Waals surface area contributed by atoms with Crippen molar-refractivity contribution in [1.29, 1.82) is 0 Å². The van der Waals surface area contributed by atoms with E-state index in [0.717, 1.165) is 39.4 Å². The maximum absolute atomic E-state index is 16.0. The molecule has 90 heavy (non-hydrogen) atoms. The predicted molar refractivity (Wildman–Crippen MR) is 337 cm³/mol. The Labute approximate surface area is 528 Å². The van der Waals surface area contributed by atoms with Crippen LogP contribution in [0.25, 0.3) is 10.8 Å². The monoisotopic (exact) mass is 1250 g/mol. The highest BCUT2D eigenvalue weighted by Gasteiger charge is 2.43. The molecule has 0 saturated carbocycles. The van der Waals surface area contributed by atoms with Gasteiger partial charge in [0.1, 0.15) is 48.4 Å². The molecule has 1 aliphatic rings.